The molecule has 1 aliphatic heterocycles. The Hall–Kier alpha value is -0.120. The summed E-state index contributed by atoms with van der Waals surface area (Å²) in [5, 5.41) is 9.09. The molecule has 1 rings (SSSR count). The average Bonchev–Trinajstić information content (AvgIpc) is 1.97. The molecule has 0 atom stereocenters. The number of rotatable bonds is 1. The molecule has 1 heterocycles. The highest BCUT2D eigenvalue weighted by atomic mass is 16.3. The molecule has 11 heavy (non-hydrogen) atoms. The molecular formula is C8H20N2O+2. The number of hydrogen-bond donors (Lipinski definition) is 1. The van der Waals surface area contributed by atoms with Crippen LogP contribution >= 0.6 is 0 Å². The number of piperazine rings is 1. The molecule has 1 fully saturated rings. The molecule has 0 aliphatic carbocycles. The van der Waals surface area contributed by atoms with E-state index in [1.807, 2.05) is 0 Å². The van der Waals surface area contributed by atoms with Gasteiger partial charge in [-0.1, -0.05) is 0 Å². The first kappa shape index (κ1) is 8.97. The van der Waals surface area contributed by atoms with Crippen molar-refractivity contribution in [3.05, 3.63) is 0 Å². The Morgan fingerprint density at radius 2 is 1.45 bits per heavy atom. The van der Waals surface area contributed by atoms with Crippen molar-refractivity contribution < 1.29 is 14.1 Å². The first-order valence-electron chi connectivity index (χ1n) is 4.24. The van der Waals surface area contributed by atoms with Crippen LogP contribution in [0.15, 0.2) is 0 Å². The van der Waals surface area contributed by atoms with E-state index in [0.717, 1.165) is 22.1 Å². The maximum Gasteiger partial charge on any atom is 0.180 e. The van der Waals surface area contributed by atoms with Crippen molar-refractivity contribution >= 4 is 0 Å². The van der Waals surface area contributed by atoms with E-state index in [4.69, 9.17) is 5.11 Å². The molecule has 1 aliphatic rings. The first-order chi connectivity index (χ1) is 4.97. The average molecular weight is 160 g/mol. The third-order valence-corrected chi connectivity index (χ3v) is 2.83. The number of aliphatic hydroxyl groups is 1. The predicted molar refractivity (Wildman–Crippen MR) is 44.8 cm³/mol. The summed E-state index contributed by atoms with van der Waals surface area (Å²) < 4.78 is 1.94. The Labute approximate surface area is 69.0 Å². The van der Waals surface area contributed by atoms with Crippen LogP contribution in [0, 0.1) is 0 Å². The van der Waals surface area contributed by atoms with Crippen molar-refractivity contribution in [3.8, 4) is 0 Å². The number of nitrogens with zero attached hydrogens (tertiary/aromatic N) is 2. The van der Waals surface area contributed by atoms with E-state index in [1.165, 1.54) is 13.1 Å². The monoisotopic (exact) mass is 160 g/mol. The summed E-state index contributed by atoms with van der Waals surface area (Å²) in [6.45, 7) is 4.85. The van der Waals surface area contributed by atoms with Crippen molar-refractivity contribution in [2.75, 3.05) is 54.1 Å². The lowest BCUT2D eigenvalue weighted by atomic mass is 10.2. The Kier molecular flexibility index (Phi) is 2.23. The fraction of sp³-hybridized carbons (Fsp3) is 1.00. The molecule has 66 valence electrons. The number of likely N-dealkylation sites (N-methyl/N-ethyl adjacent to an activating group) is 2. The van der Waals surface area contributed by atoms with Gasteiger partial charge in [0.25, 0.3) is 0 Å². The lowest BCUT2D eigenvalue weighted by Gasteiger charge is -2.43. The molecule has 0 aromatic carbocycles. The van der Waals surface area contributed by atoms with Gasteiger partial charge in [-0.3, -0.25) is 4.48 Å². The molecule has 0 spiro atoms. The van der Waals surface area contributed by atoms with Gasteiger partial charge in [0.05, 0.1) is 21.1 Å². The second-order valence-electron chi connectivity index (χ2n) is 4.59. The van der Waals surface area contributed by atoms with Gasteiger partial charge >= 0.3 is 0 Å². The molecule has 0 amide bonds. The summed E-state index contributed by atoms with van der Waals surface area (Å²) in [7, 11) is 6.63. The topological polar surface area (TPSA) is 20.2 Å². The molecule has 3 nitrogen and oxygen atoms in total. The Morgan fingerprint density at radius 3 is 1.82 bits per heavy atom. The molecule has 0 unspecified atom stereocenters. The van der Waals surface area contributed by atoms with Gasteiger partial charge < -0.3 is 9.59 Å². The summed E-state index contributed by atoms with van der Waals surface area (Å²) in [4.78, 5) is 0. The lowest BCUT2D eigenvalue weighted by molar-refractivity contribution is -1.02. The molecule has 0 aromatic heterocycles. The van der Waals surface area contributed by atoms with Crippen LogP contribution in [-0.2, 0) is 0 Å². The second-order valence-corrected chi connectivity index (χ2v) is 4.59. The molecule has 0 saturated carbocycles. The highest BCUT2D eigenvalue weighted by Crippen LogP contribution is 2.11. The zero-order valence-corrected chi connectivity index (χ0v) is 7.88. The van der Waals surface area contributed by atoms with Crippen LogP contribution in [0.4, 0.5) is 0 Å². The van der Waals surface area contributed by atoms with E-state index in [0.29, 0.717) is 6.73 Å². The third-order valence-electron chi connectivity index (χ3n) is 2.83. The van der Waals surface area contributed by atoms with Crippen molar-refractivity contribution in [2.45, 2.75) is 0 Å². The third kappa shape index (κ3) is 2.15. The SMILES string of the molecule is C[N+]1(C)CC[N+](C)(CO)CC1. The number of quaternary nitrogens is 2. The van der Waals surface area contributed by atoms with Gasteiger partial charge in [-0.05, 0) is 0 Å². The van der Waals surface area contributed by atoms with Crippen molar-refractivity contribution in [1.29, 1.82) is 0 Å². The van der Waals surface area contributed by atoms with Crippen molar-refractivity contribution in [1.82, 2.24) is 0 Å². The normalized spacial score (nSPS) is 28.4. The van der Waals surface area contributed by atoms with E-state index in [-0.39, 0.29) is 0 Å². The quantitative estimate of drug-likeness (QED) is 0.511. The summed E-state index contributed by atoms with van der Waals surface area (Å²) in [5.41, 5.74) is 0. The summed E-state index contributed by atoms with van der Waals surface area (Å²) in [5.74, 6) is 0. The largest absolute Gasteiger partial charge is 0.347 e. The van der Waals surface area contributed by atoms with Gasteiger partial charge in [-0.15, -0.1) is 0 Å². The maximum atomic E-state index is 9.09. The molecule has 0 aromatic rings. The Morgan fingerprint density at radius 1 is 1.00 bits per heavy atom. The molecule has 0 radical (unpaired) electrons. The standard InChI is InChI=1S/C8H20N2O/c1-9(2)4-6-10(3,8-11)7-5-9/h11H,4-8H2,1-3H3/q+2. The minimum Gasteiger partial charge on any atom is -0.347 e. The van der Waals surface area contributed by atoms with E-state index in [1.54, 1.807) is 0 Å². The van der Waals surface area contributed by atoms with E-state index in [9.17, 15) is 0 Å². The minimum absolute atomic E-state index is 0.292. The minimum atomic E-state index is 0.292. The molecule has 3 heteroatoms. The highest BCUT2D eigenvalue weighted by Gasteiger charge is 2.33. The number of hydrogen-bond acceptors (Lipinski definition) is 1. The van der Waals surface area contributed by atoms with Crippen LogP contribution in [0.1, 0.15) is 0 Å². The fourth-order valence-electron chi connectivity index (χ4n) is 1.39. The molecule has 1 saturated heterocycles. The summed E-state index contributed by atoms with van der Waals surface area (Å²) in [6, 6.07) is 0. The van der Waals surface area contributed by atoms with Gasteiger partial charge in [0.1, 0.15) is 26.2 Å². The predicted octanol–water partition coefficient (Wildman–Crippen LogP) is -0.527. The van der Waals surface area contributed by atoms with Gasteiger partial charge in [-0.25, -0.2) is 0 Å². The van der Waals surface area contributed by atoms with Crippen molar-refractivity contribution in [2.24, 2.45) is 0 Å². The highest BCUT2D eigenvalue weighted by molar-refractivity contribution is 4.44. The molecular weight excluding hydrogens is 140 g/mol. The van der Waals surface area contributed by atoms with Crippen LogP contribution in [0.5, 0.6) is 0 Å². The van der Waals surface area contributed by atoms with Crippen LogP contribution < -0.4 is 0 Å². The Bertz CT molecular complexity index is 135. The molecule has 0 bridgehead atoms. The van der Waals surface area contributed by atoms with Crippen molar-refractivity contribution in [3.63, 3.8) is 0 Å². The summed E-state index contributed by atoms with van der Waals surface area (Å²) in [6.07, 6.45) is 0. The summed E-state index contributed by atoms with van der Waals surface area (Å²) >= 11 is 0. The second kappa shape index (κ2) is 2.73. The van der Waals surface area contributed by atoms with Crippen LogP contribution in [0.2, 0.25) is 0 Å². The van der Waals surface area contributed by atoms with Gasteiger partial charge in [0.15, 0.2) is 6.73 Å². The van der Waals surface area contributed by atoms with Crippen LogP contribution in [-0.4, -0.2) is 68.1 Å². The number of aliphatic hydroxyl groups excluding tert-OH is 1. The van der Waals surface area contributed by atoms with E-state index >= 15 is 0 Å². The van der Waals surface area contributed by atoms with Gasteiger partial charge in [0, 0.05) is 0 Å². The van der Waals surface area contributed by atoms with E-state index < -0.39 is 0 Å². The zero-order valence-electron chi connectivity index (χ0n) is 7.88. The smallest absolute Gasteiger partial charge is 0.180 e. The zero-order chi connectivity index (χ0) is 8.54. The fourth-order valence-corrected chi connectivity index (χ4v) is 1.39. The van der Waals surface area contributed by atoms with Crippen LogP contribution in [0.3, 0.4) is 0 Å². The first-order valence-corrected chi connectivity index (χ1v) is 4.24. The van der Waals surface area contributed by atoms with Crippen LogP contribution in [0.25, 0.3) is 0 Å². The maximum absolute atomic E-state index is 9.09. The lowest BCUT2D eigenvalue weighted by Crippen LogP contribution is -2.62. The van der Waals surface area contributed by atoms with Gasteiger partial charge in [-0.2, -0.15) is 0 Å². The van der Waals surface area contributed by atoms with E-state index in [2.05, 4.69) is 21.1 Å². The molecule has 1 N–H and O–H groups in total. The Balaban J connectivity index is 2.48. The van der Waals surface area contributed by atoms with Gasteiger partial charge in [0.2, 0.25) is 0 Å².